The van der Waals surface area contributed by atoms with Gasteiger partial charge in [0.05, 0.1) is 5.56 Å². The molecule has 100 valence electrons. The van der Waals surface area contributed by atoms with Crippen molar-refractivity contribution in [3.05, 3.63) is 35.4 Å². The summed E-state index contributed by atoms with van der Waals surface area (Å²) in [7, 11) is 0. The first kappa shape index (κ1) is 16.4. The molecule has 0 amide bonds. The Kier molecular flexibility index (Phi) is 5.31. The van der Waals surface area contributed by atoms with E-state index in [9.17, 15) is 22.8 Å². The molecule has 0 fully saturated rings. The van der Waals surface area contributed by atoms with E-state index in [1.807, 2.05) is 0 Å². The predicted molar refractivity (Wildman–Crippen MR) is 58.6 cm³/mol. The van der Waals surface area contributed by atoms with Gasteiger partial charge in [0.1, 0.15) is 0 Å². The summed E-state index contributed by atoms with van der Waals surface area (Å²) in [6.45, 7) is 0. The van der Waals surface area contributed by atoms with Crippen LogP contribution in [0, 0.1) is 0 Å². The fourth-order valence-electron chi connectivity index (χ4n) is 1.12. The smallest absolute Gasteiger partial charge is 0.416 e. The van der Waals surface area contributed by atoms with Crippen LogP contribution in [0.1, 0.15) is 15.9 Å². The fraction of sp³-hybridized carbons (Fsp3) is 0.200. The monoisotopic (exact) mass is 283 g/mol. The molecule has 3 N–H and O–H groups in total. The first-order valence-corrected chi connectivity index (χ1v) is 4.43. The van der Waals surface area contributed by atoms with Crippen molar-refractivity contribution in [2.75, 3.05) is 0 Å². The van der Waals surface area contributed by atoms with E-state index in [-0.39, 0.29) is 18.0 Å². The molecule has 0 aliphatic rings. The lowest BCUT2D eigenvalue weighted by atomic mass is 10.0. The van der Waals surface area contributed by atoms with Gasteiger partial charge in [-0.25, -0.2) is 0 Å². The molecule has 1 rings (SSSR count). The Labute approximate surface area is 106 Å². The van der Waals surface area contributed by atoms with E-state index in [4.69, 9.17) is 10.8 Å². The minimum atomic E-state index is -4.50. The lowest BCUT2D eigenvalue weighted by molar-refractivity contribution is -0.138. The number of ketones is 1. The van der Waals surface area contributed by atoms with Crippen LogP contribution in [0.5, 0.6) is 0 Å². The number of halogens is 4. The van der Waals surface area contributed by atoms with Crippen molar-refractivity contribution in [2.24, 2.45) is 5.73 Å². The molecule has 1 unspecified atom stereocenters. The molecular formula is C10H9ClF3NO3. The van der Waals surface area contributed by atoms with E-state index in [0.29, 0.717) is 12.1 Å². The van der Waals surface area contributed by atoms with Crippen LogP contribution in [0.25, 0.3) is 0 Å². The summed E-state index contributed by atoms with van der Waals surface area (Å²) in [6.07, 6.45) is -4.50. The molecule has 1 aromatic carbocycles. The Bertz CT molecular complexity index is 445. The number of carbonyl (C=O) groups excluding carboxylic acids is 1. The predicted octanol–water partition coefficient (Wildman–Crippen LogP) is 1.72. The molecular weight excluding hydrogens is 275 g/mol. The summed E-state index contributed by atoms with van der Waals surface area (Å²) in [5, 5.41) is 8.47. The molecule has 8 heteroatoms. The third-order valence-corrected chi connectivity index (χ3v) is 2.05. The van der Waals surface area contributed by atoms with Crippen LogP contribution < -0.4 is 5.73 Å². The van der Waals surface area contributed by atoms with Gasteiger partial charge in [-0.3, -0.25) is 9.59 Å². The van der Waals surface area contributed by atoms with E-state index < -0.39 is 29.5 Å². The standard InChI is InChI=1S/C10H8F3NO3.ClH/c11-10(12,13)6-3-1-5(2-4-6)8(15)7(14)9(16)17;/h1-4,7H,14H2,(H,16,17);1H. The molecule has 0 radical (unpaired) electrons. The van der Waals surface area contributed by atoms with Crippen LogP contribution >= 0.6 is 12.4 Å². The maximum Gasteiger partial charge on any atom is 0.416 e. The number of carboxylic acid groups (broad SMARTS) is 1. The van der Waals surface area contributed by atoms with Gasteiger partial charge in [-0.05, 0) is 12.1 Å². The van der Waals surface area contributed by atoms with E-state index in [2.05, 4.69) is 0 Å². The molecule has 1 atom stereocenters. The Morgan fingerprint density at radius 1 is 1.17 bits per heavy atom. The normalized spacial score (nSPS) is 12.4. The summed E-state index contributed by atoms with van der Waals surface area (Å²) in [5.41, 5.74) is 3.95. The molecule has 0 saturated heterocycles. The van der Waals surface area contributed by atoms with E-state index in [0.717, 1.165) is 12.1 Å². The van der Waals surface area contributed by atoms with Gasteiger partial charge in [0.15, 0.2) is 11.8 Å². The summed E-state index contributed by atoms with van der Waals surface area (Å²) in [6, 6.07) is 1.41. The third-order valence-electron chi connectivity index (χ3n) is 2.05. The zero-order chi connectivity index (χ0) is 13.2. The summed E-state index contributed by atoms with van der Waals surface area (Å²) < 4.78 is 36.6. The molecule has 0 heterocycles. The van der Waals surface area contributed by atoms with Gasteiger partial charge in [0.25, 0.3) is 0 Å². The second-order valence-corrected chi connectivity index (χ2v) is 3.26. The molecule has 0 spiro atoms. The number of benzene rings is 1. The average Bonchev–Trinajstić information content (AvgIpc) is 2.26. The average molecular weight is 284 g/mol. The Balaban J connectivity index is 0.00000289. The minimum Gasteiger partial charge on any atom is -0.480 e. The Morgan fingerprint density at radius 2 is 1.61 bits per heavy atom. The van der Waals surface area contributed by atoms with Crippen molar-refractivity contribution < 1.29 is 27.9 Å². The molecule has 18 heavy (non-hydrogen) atoms. The highest BCUT2D eigenvalue weighted by Gasteiger charge is 2.30. The molecule has 1 aromatic rings. The molecule has 4 nitrogen and oxygen atoms in total. The first-order valence-electron chi connectivity index (χ1n) is 4.43. The topological polar surface area (TPSA) is 80.4 Å². The Morgan fingerprint density at radius 3 is 1.94 bits per heavy atom. The van der Waals surface area contributed by atoms with Crippen LogP contribution in [0.15, 0.2) is 24.3 Å². The van der Waals surface area contributed by atoms with Crippen molar-refractivity contribution in [2.45, 2.75) is 12.2 Å². The van der Waals surface area contributed by atoms with Gasteiger partial charge < -0.3 is 10.8 Å². The lowest BCUT2D eigenvalue weighted by Crippen LogP contribution is -2.38. The van der Waals surface area contributed by atoms with Crippen LogP contribution in [0.3, 0.4) is 0 Å². The molecule has 0 aromatic heterocycles. The van der Waals surface area contributed by atoms with Gasteiger partial charge in [-0.15, -0.1) is 12.4 Å². The van der Waals surface area contributed by atoms with Gasteiger partial charge >= 0.3 is 12.1 Å². The van der Waals surface area contributed by atoms with E-state index in [1.54, 1.807) is 0 Å². The number of nitrogens with two attached hydrogens (primary N) is 1. The molecule has 0 aliphatic carbocycles. The highest BCUT2D eigenvalue weighted by Crippen LogP contribution is 2.29. The van der Waals surface area contributed by atoms with E-state index in [1.165, 1.54) is 0 Å². The minimum absolute atomic E-state index is 0. The van der Waals surface area contributed by atoms with Crippen molar-refractivity contribution in [1.29, 1.82) is 0 Å². The first-order chi connectivity index (χ1) is 7.73. The van der Waals surface area contributed by atoms with E-state index >= 15 is 0 Å². The van der Waals surface area contributed by atoms with Gasteiger partial charge in [-0.1, -0.05) is 12.1 Å². The van der Waals surface area contributed by atoms with Gasteiger partial charge in [0.2, 0.25) is 0 Å². The maximum atomic E-state index is 12.2. The van der Waals surface area contributed by atoms with Crippen LogP contribution in [0.4, 0.5) is 13.2 Å². The number of aliphatic carboxylic acids is 1. The molecule has 0 aliphatic heterocycles. The summed E-state index contributed by atoms with van der Waals surface area (Å²) >= 11 is 0. The maximum absolute atomic E-state index is 12.2. The van der Waals surface area contributed by atoms with Crippen LogP contribution in [-0.4, -0.2) is 22.9 Å². The number of alkyl halides is 3. The zero-order valence-corrected chi connectivity index (χ0v) is 9.59. The highest BCUT2D eigenvalue weighted by molar-refractivity contribution is 6.11. The number of rotatable bonds is 3. The quantitative estimate of drug-likeness (QED) is 0.654. The van der Waals surface area contributed by atoms with Crippen LogP contribution in [-0.2, 0) is 11.0 Å². The number of carbonyl (C=O) groups is 2. The third kappa shape index (κ3) is 3.71. The lowest BCUT2D eigenvalue weighted by Gasteiger charge is -2.08. The van der Waals surface area contributed by atoms with Crippen molar-refractivity contribution in [3.63, 3.8) is 0 Å². The fourth-order valence-corrected chi connectivity index (χ4v) is 1.12. The van der Waals surface area contributed by atoms with Crippen molar-refractivity contribution in [3.8, 4) is 0 Å². The van der Waals surface area contributed by atoms with Crippen LogP contribution in [0.2, 0.25) is 0 Å². The largest absolute Gasteiger partial charge is 0.480 e. The summed E-state index contributed by atoms with van der Waals surface area (Å²) in [5.74, 6) is -2.47. The van der Waals surface area contributed by atoms with Crippen molar-refractivity contribution >= 4 is 24.2 Å². The van der Waals surface area contributed by atoms with Crippen molar-refractivity contribution in [1.82, 2.24) is 0 Å². The van der Waals surface area contributed by atoms with Gasteiger partial charge in [0, 0.05) is 5.56 Å². The SMILES string of the molecule is Cl.NC(C(=O)O)C(=O)c1ccc(C(F)(F)F)cc1. The summed E-state index contributed by atoms with van der Waals surface area (Å²) in [4.78, 5) is 21.8. The molecule has 0 saturated carbocycles. The number of hydrogen-bond acceptors (Lipinski definition) is 3. The highest BCUT2D eigenvalue weighted by atomic mass is 35.5. The Hall–Kier alpha value is -1.60. The number of hydrogen-bond donors (Lipinski definition) is 2. The second kappa shape index (κ2) is 5.83. The number of carboxylic acids is 1. The molecule has 0 bridgehead atoms. The second-order valence-electron chi connectivity index (χ2n) is 3.26. The zero-order valence-electron chi connectivity index (χ0n) is 8.77. The number of Topliss-reactive ketones (excluding diaryl/α,β-unsaturated/α-hetero) is 1. The van der Waals surface area contributed by atoms with Gasteiger partial charge in [-0.2, -0.15) is 13.2 Å².